The highest BCUT2D eigenvalue weighted by Crippen LogP contribution is 2.17. The van der Waals surface area contributed by atoms with Crippen molar-refractivity contribution in [2.24, 2.45) is 0 Å². The van der Waals surface area contributed by atoms with Gasteiger partial charge in [0.05, 0.1) is 5.25 Å². The van der Waals surface area contributed by atoms with Crippen molar-refractivity contribution in [1.82, 2.24) is 0 Å². The molecule has 0 radical (unpaired) electrons. The molecule has 0 rings (SSSR count). The lowest BCUT2D eigenvalue weighted by Gasteiger charge is -2.04. The summed E-state index contributed by atoms with van der Waals surface area (Å²) >= 11 is 0. The molecular formula is C4H9NO3S2. The van der Waals surface area contributed by atoms with Gasteiger partial charge in [0.15, 0.2) is 0 Å². The lowest BCUT2D eigenvalue weighted by molar-refractivity contribution is 0.503. The highest BCUT2D eigenvalue weighted by atomic mass is 33.1. The Hall–Kier alpha value is -0.0700. The van der Waals surface area contributed by atoms with Gasteiger partial charge in [-0.1, -0.05) is 0 Å². The van der Waals surface area contributed by atoms with E-state index < -0.39 is 14.4 Å². The maximum atomic E-state index is 10.2. The molecule has 0 aliphatic carbocycles. The molecule has 0 aliphatic rings. The molecule has 0 bridgehead atoms. The average Bonchev–Trinajstić information content (AvgIpc) is 1.60. The van der Waals surface area contributed by atoms with Crippen LogP contribution in [-0.4, -0.2) is 23.9 Å². The maximum absolute atomic E-state index is 10.2. The molecule has 0 aromatic rings. The van der Waals surface area contributed by atoms with Gasteiger partial charge in [-0.25, -0.2) is 0 Å². The van der Waals surface area contributed by atoms with Crippen LogP contribution in [0.2, 0.25) is 0 Å². The molecule has 0 spiro atoms. The molecule has 0 saturated carbocycles. The summed E-state index contributed by atoms with van der Waals surface area (Å²) in [5.74, 6) is 0. The molecule has 0 aromatic carbocycles. The van der Waals surface area contributed by atoms with Gasteiger partial charge in [0, 0.05) is 16.5 Å². The van der Waals surface area contributed by atoms with Crippen LogP contribution in [0, 0.1) is 5.41 Å². The van der Waals surface area contributed by atoms with E-state index in [1.165, 1.54) is 6.92 Å². The SMILES string of the molecule is CC(=N)C(C)SS(=O)(=O)O. The predicted octanol–water partition coefficient (Wildman–Crippen LogP) is 0.951. The second kappa shape index (κ2) is 3.36. The summed E-state index contributed by atoms with van der Waals surface area (Å²) in [4.78, 5) is 0. The Balaban J connectivity index is 4.06. The summed E-state index contributed by atoms with van der Waals surface area (Å²) in [6, 6.07) is 0. The monoisotopic (exact) mass is 183 g/mol. The molecule has 0 heterocycles. The number of nitrogens with one attached hydrogen (secondary N) is 1. The van der Waals surface area contributed by atoms with Crippen LogP contribution in [0.1, 0.15) is 13.8 Å². The number of hydrogen-bond donors (Lipinski definition) is 2. The Morgan fingerprint density at radius 3 is 2.20 bits per heavy atom. The van der Waals surface area contributed by atoms with Crippen LogP contribution < -0.4 is 0 Å². The molecule has 0 fully saturated rings. The van der Waals surface area contributed by atoms with E-state index in [0.29, 0.717) is 10.8 Å². The van der Waals surface area contributed by atoms with Crippen LogP contribution in [0.4, 0.5) is 0 Å². The van der Waals surface area contributed by atoms with Crippen molar-refractivity contribution in [3.05, 3.63) is 0 Å². The summed E-state index contributed by atoms with van der Waals surface area (Å²) in [5.41, 5.74) is 0.225. The molecule has 10 heavy (non-hydrogen) atoms. The number of rotatable bonds is 3. The van der Waals surface area contributed by atoms with Gasteiger partial charge >= 0.3 is 9.15 Å². The molecule has 0 amide bonds. The third kappa shape index (κ3) is 4.78. The molecule has 0 aromatic heterocycles. The molecule has 6 heteroatoms. The highest BCUT2D eigenvalue weighted by molar-refractivity contribution is 8.70. The van der Waals surface area contributed by atoms with Gasteiger partial charge in [-0.3, -0.25) is 4.55 Å². The zero-order chi connectivity index (χ0) is 8.36. The maximum Gasteiger partial charge on any atom is 0.320 e. The quantitative estimate of drug-likeness (QED) is 0.388. The Bertz CT molecular complexity index is 221. The van der Waals surface area contributed by atoms with Crippen LogP contribution in [0.25, 0.3) is 0 Å². The largest absolute Gasteiger partial charge is 0.320 e. The van der Waals surface area contributed by atoms with Gasteiger partial charge in [0.1, 0.15) is 0 Å². The van der Waals surface area contributed by atoms with E-state index in [-0.39, 0.29) is 5.71 Å². The Kier molecular flexibility index (Phi) is 3.34. The van der Waals surface area contributed by atoms with Crippen LogP contribution in [0.3, 0.4) is 0 Å². The van der Waals surface area contributed by atoms with Gasteiger partial charge < -0.3 is 5.41 Å². The van der Waals surface area contributed by atoms with Gasteiger partial charge in [0.2, 0.25) is 0 Å². The van der Waals surface area contributed by atoms with E-state index in [2.05, 4.69) is 0 Å². The fourth-order valence-electron chi connectivity index (χ4n) is 0.255. The van der Waals surface area contributed by atoms with Crippen molar-refractivity contribution in [3.8, 4) is 0 Å². The third-order valence-electron chi connectivity index (χ3n) is 0.876. The standard InChI is InChI=1S/C4H9NO3S2/c1-3(5)4(2)9-10(6,7)8/h4-5H,1-2H3,(H,6,7,8). The first kappa shape index (κ1) is 9.93. The summed E-state index contributed by atoms with van der Waals surface area (Å²) in [6.45, 7) is 3.03. The van der Waals surface area contributed by atoms with Crippen molar-refractivity contribution in [2.45, 2.75) is 19.1 Å². The minimum atomic E-state index is -3.99. The van der Waals surface area contributed by atoms with E-state index in [9.17, 15) is 8.42 Å². The van der Waals surface area contributed by atoms with Gasteiger partial charge in [-0.05, 0) is 13.8 Å². The van der Waals surface area contributed by atoms with Crippen molar-refractivity contribution in [3.63, 3.8) is 0 Å². The lowest BCUT2D eigenvalue weighted by Crippen LogP contribution is -2.10. The second-order valence-corrected chi connectivity index (χ2v) is 5.45. The van der Waals surface area contributed by atoms with Crippen molar-refractivity contribution < 1.29 is 13.0 Å². The molecule has 4 nitrogen and oxygen atoms in total. The molecular weight excluding hydrogens is 174 g/mol. The van der Waals surface area contributed by atoms with E-state index in [4.69, 9.17) is 9.96 Å². The normalized spacial score (nSPS) is 14.7. The Morgan fingerprint density at radius 2 is 2.10 bits per heavy atom. The van der Waals surface area contributed by atoms with Gasteiger partial charge in [-0.2, -0.15) is 8.42 Å². The Labute approximate surface area is 63.7 Å². The zero-order valence-electron chi connectivity index (χ0n) is 5.66. The van der Waals surface area contributed by atoms with Gasteiger partial charge in [-0.15, -0.1) is 0 Å². The molecule has 2 N–H and O–H groups in total. The van der Waals surface area contributed by atoms with E-state index in [0.717, 1.165) is 0 Å². The minimum absolute atomic E-state index is 0.225. The van der Waals surface area contributed by atoms with Crippen molar-refractivity contribution in [1.29, 1.82) is 5.41 Å². The molecule has 1 unspecified atom stereocenters. The topological polar surface area (TPSA) is 78.2 Å². The van der Waals surface area contributed by atoms with E-state index >= 15 is 0 Å². The second-order valence-electron chi connectivity index (χ2n) is 1.85. The van der Waals surface area contributed by atoms with Crippen molar-refractivity contribution >= 4 is 25.7 Å². The minimum Gasteiger partial charge on any atom is -0.309 e. The van der Waals surface area contributed by atoms with Crippen LogP contribution in [-0.2, 0) is 9.15 Å². The van der Waals surface area contributed by atoms with Crippen LogP contribution >= 0.6 is 10.8 Å². The van der Waals surface area contributed by atoms with Crippen molar-refractivity contribution in [2.75, 3.05) is 0 Å². The molecule has 0 saturated heterocycles. The average molecular weight is 183 g/mol. The van der Waals surface area contributed by atoms with Crippen LogP contribution in [0.15, 0.2) is 0 Å². The summed E-state index contributed by atoms with van der Waals surface area (Å²) in [5, 5.41) is 6.51. The fraction of sp³-hybridized carbons (Fsp3) is 0.750. The summed E-state index contributed by atoms with van der Waals surface area (Å²) in [7, 11) is -3.62. The fourth-order valence-corrected chi connectivity index (χ4v) is 2.29. The summed E-state index contributed by atoms with van der Waals surface area (Å²) in [6.07, 6.45) is 0. The Morgan fingerprint density at radius 1 is 1.70 bits per heavy atom. The number of hydrogen-bond acceptors (Lipinski definition) is 4. The smallest absolute Gasteiger partial charge is 0.309 e. The molecule has 60 valence electrons. The first-order chi connectivity index (χ1) is 4.33. The molecule has 1 atom stereocenters. The van der Waals surface area contributed by atoms with E-state index in [1.807, 2.05) is 0 Å². The zero-order valence-corrected chi connectivity index (χ0v) is 7.29. The van der Waals surface area contributed by atoms with E-state index in [1.54, 1.807) is 6.92 Å². The first-order valence-electron chi connectivity index (χ1n) is 2.53. The first-order valence-corrected chi connectivity index (χ1v) is 5.37. The lowest BCUT2D eigenvalue weighted by atomic mass is 10.3. The molecule has 0 aliphatic heterocycles. The predicted molar refractivity (Wildman–Crippen MR) is 42.0 cm³/mol. The van der Waals surface area contributed by atoms with Crippen LogP contribution in [0.5, 0.6) is 0 Å². The third-order valence-corrected chi connectivity index (χ3v) is 3.36. The highest BCUT2D eigenvalue weighted by Gasteiger charge is 2.13. The summed E-state index contributed by atoms with van der Waals surface area (Å²) < 4.78 is 28.6. The van der Waals surface area contributed by atoms with Gasteiger partial charge in [0.25, 0.3) is 0 Å².